The van der Waals surface area contributed by atoms with Gasteiger partial charge < -0.3 is 5.73 Å². The molecule has 0 aliphatic heterocycles. The van der Waals surface area contributed by atoms with Crippen LogP contribution in [0.4, 0.5) is 10.2 Å². The molecule has 0 aliphatic rings. The van der Waals surface area contributed by atoms with E-state index in [0.717, 1.165) is 6.07 Å². The van der Waals surface area contributed by atoms with Crippen LogP contribution < -0.4 is 5.73 Å². The molecule has 2 rings (SSSR count). The molecule has 0 fully saturated rings. The molecular weight excluding hydrogens is 245 g/mol. The normalized spacial score (nSPS) is 10.2. The highest BCUT2D eigenvalue weighted by Crippen LogP contribution is 2.19. The van der Waals surface area contributed by atoms with Crippen molar-refractivity contribution in [1.29, 1.82) is 0 Å². The molecule has 0 saturated carbocycles. The number of rotatable bonds is 2. The molecule has 0 aliphatic carbocycles. The maximum absolute atomic E-state index is 13.4. The van der Waals surface area contributed by atoms with Gasteiger partial charge in [-0.2, -0.15) is 0 Å². The number of nitrogens with zero attached hydrogens (tertiary/aromatic N) is 2. The standard InChI is InChI=1S/C11H7ClFN3O/c12-6-4-7(11(14)16-5-6)10(17)9-8(13)2-1-3-15-9/h1-5H,(H2,14,16). The number of pyridine rings is 2. The van der Waals surface area contributed by atoms with E-state index in [1.807, 2.05) is 0 Å². The first-order valence-corrected chi connectivity index (χ1v) is 5.03. The zero-order valence-electron chi connectivity index (χ0n) is 8.52. The number of anilines is 1. The van der Waals surface area contributed by atoms with Crippen LogP contribution in [0.1, 0.15) is 16.1 Å². The number of halogens is 2. The van der Waals surface area contributed by atoms with Crippen molar-refractivity contribution in [3.63, 3.8) is 0 Å². The van der Waals surface area contributed by atoms with E-state index >= 15 is 0 Å². The molecule has 0 amide bonds. The van der Waals surface area contributed by atoms with Crippen LogP contribution >= 0.6 is 11.6 Å². The first-order valence-electron chi connectivity index (χ1n) is 4.66. The molecule has 0 bridgehead atoms. The predicted octanol–water partition coefficient (Wildman–Crippen LogP) is 2.08. The Hall–Kier alpha value is -2.01. The van der Waals surface area contributed by atoms with Crippen molar-refractivity contribution in [3.05, 3.63) is 52.7 Å². The molecule has 17 heavy (non-hydrogen) atoms. The number of ketones is 1. The molecule has 2 aromatic heterocycles. The Morgan fingerprint density at radius 2 is 2.18 bits per heavy atom. The third-order valence-electron chi connectivity index (χ3n) is 2.10. The van der Waals surface area contributed by atoms with Gasteiger partial charge in [0.05, 0.1) is 10.6 Å². The Kier molecular flexibility index (Phi) is 3.01. The van der Waals surface area contributed by atoms with Crippen LogP contribution in [0, 0.1) is 5.82 Å². The van der Waals surface area contributed by atoms with E-state index in [9.17, 15) is 9.18 Å². The van der Waals surface area contributed by atoms with E-state index in [4.69, 9.17) is 17.3 Å². The summed E-state index contributed by atoms with van der Waals surface area (Å²) in [7, 11) is 0. The maximum atomic E-state index is 13.4. The number of aromatic nitrogens is 2. The van der Waals surface area contributed by atoms with Gasteiger partial charge in [0.1, 0.15) is 11.5 Å². The highest BCUT2D eigenvalue weighted by atomic mass is 35.5. The summed E-state index contributed by atoms with van der Waals surface area (Å²) in [4.78, 5) is 19.4. The topological polar surface area (TPSA) is 68.9 Å². The molecule has 86 valence electrons. The molecule has 4 nitrogen and oxygen atoms in total. The molecule has 2 aromatic rings. The SMILES string of the molecule is Nc1ncc(Cl)cc1C(=O)c1ncccc1F. The van der Waals surface area contributed by atoms with Crippen LogP contribution in [0.5, 0.6) is 0 Å². The van der Waals surface area contributed by atoms with Gasteiger partial charge in [-0.05, 0) is 18.2 Å². The lowest BCUT2D eigenvalue weighted by atomic mass is 10.1. The van der Waals surface area contributed by atoms with Gasteiger partial charge in [-0.1, -0.05) is 11.6 Å². The minimum absolute atomic E-state index is 0.00977. The van der Waals surface area contributed by atoms with Crippen molar-refractivity contribution >= 4 is 23.2 Å². The van der Waals surface area contributed by atoms with Gasteiger partial charge in [0, 0.05) is 12.4 Å². The van der Waals surface area contributed by atoms with Crippen molar-refractivity contribution in [2.75, 3.05) is 5.73 Å². The summed E-state index contributed by atoms with van der Waals surface area (Å²) in [6.45, 7) is 0. The zero-order chi connectivity index (χ0) is 12.4. The van der Waals surface area contributed by atoms with E-state index in [1.165, 1.54) is 24.5 Å². The van der Waals surface area contributed by atoms with Crippen LogP contribution in [-0.2, 0) is 0 Å². The average molecular weight is 252 g/mol. The molecule has 0 atom stereocenters. The molecule has 6 heteroatoms. The third kappa shape index (κ3) is 2.24. The lowest BCUT2D eigenvalue weighted by Gasteiger charge is -2.04. The fourth-order valence-corrected chi connectivity index (χ4v) is 1.47. The minimum Gasteiger partial charge on any atom is -0.383 e. The van der Waals surface area contributed by atoms with E-state index < -0.39 is 11.6 Å². The second-order valence-electron chi connectivity index (χ2n) is 3.25. The second kappa shape index (κ2) is 4.47. The van der Waals surface area contributed by atoms with Crippen LogP contribution in [-0.4, -0.2) is 15.8 Å². The zero-order valence-corrected chi connectivity index (χ0v) is 9.28. The number of carbonyl (C=O) groups excluding carboxylic acids is 1. The molecule has 0 saturated heterocycles. The smallest absolute Gasteiger partial charge is 0.218 e. The number of carbonyl (C=O) groups is 1. The lowest BCUT2D eigenvalue weighted by Crippen LogP contribution is -2.10. The summed E-state index contributed by atoms with van der Waals surface area (Å²) < 4.78 is 13.4. The summed E-state index contributed by atoms with van der Waals surface area (Å²) in [5.74, 6) is -1.36. The van der Waals surface area contributed by atoms with Gasteiger partial charge in [0.2, 0.25) is 5.78 Å². The van der Waals surface area contributed by atoms with Crippen molar-refractivity contribution in [2.45, 2.75) is 0 Å². The molecule has 2 heterocycles. The van der Waals surface area contributed by atoms with Gasteiger partial charge in [-0.3, -0.25) is 4.79 Å². The fraction of sp³-hybridized carbons (Fsp3) is 0. The van der Waals surface area contributed by atoms with Gasteiger partial charge in [0.15, 0.2) is 5.82 Å². The van der Waals surface area contributed by atoms with Crippen molar-refractivity contribution in [1.82, 2.24) is 9.97 Å². The van der Waals surface area contributed by atoms with Crippen LogP contribution in [0.3, 0.4) is 0 Å². The molecule has 0 unspecified atom stereocenters. The van der Waals surface area contributed by atoms with E-state index in [-0.39, 0.29) is 22.1 Å². The van der Waals surface area contributed by atoms with Gasteiger partial charge in [-0.15, -0.1) is 0 Å². The summed E-state index contributed by atoms with van der Waals surface area (Å²) in [5.41, 5.74) is 5.27. The molecule has 0 spiro atoms. The molecule has 0 radical (unpaired) electrons. The van der Waals surface area contributed by atoms with Crippen LogP contribution in [0.2, 0.25) is 5.02 Å². The lowest BCUT2D eigenvalue weighted by molar-refractivity contribution is 0.103. The summed E-state index contributed by atoms with van der Waals surface area (Å²) in [5, 5.41) is 0.249. The molecular formula is C11H7ClFN3O. The largest absolute Gasteiger partial charge is 0.383 e. The Balaban J connectivity index is 2.51. The van der Waals surface area contributed by atoms with Gasteiger partial charge in [0.25, 0.3) is 0 Å². The third-order valence-corrected chi connectivity index (χ3v) is 2.31. The van der Waals surface area contributed by atoms with Crippen molar-refractivity contribution < 1.29 is 9.18 Å². The van der Waals surface area contributed by atoms with Crippen molar-refractivity contribution in [3.8, 4) is 0 Å². The monoisotopic (exact) mass is 251 g/mol. The van der Waals surface area contributed by atoms with E-state index in [2.05, 4.69) is 9.97 Å². The first-order chi connectivity index (χ1) is 8.09. The van der Waals surface area contributed by atoms with E-state index in [1.54, 1.807) is 0 Å². The molecule has 2 N–H and O–H groups in total. The van der Waals surface area contributed by atoms with Crippen LogP contribution in [0.25, 0.3) is 0 Å². The quantitative estimate of drug-likeness (QED) is 0.830. The number of nitrogens with two attached hydrogens (primary N) is 1. The predicted molar refractivity (Wildman–Crippen MR) is 61.3 cm³/mol. The Morgan fingerprint density at radius 1 is 1.41 bits per heavy atom. The average Bonchev–Trinajstić information content (AvgIpc) is 2.32. The van der Waals surface area contributed by atoms with Gasteiger partial charge >= 0.3 is 0 Å². The summed E-state index contributed by atoms with van der Waals surface area (Å²) in [6, 6.07) is 3.88. The van der Waals surface area contributed by atoms with Crippen molar-refractivity contribution in [2.24, 2.45) is 0 Å². The molecule has 0 aromatic carbocycles. The highest BCUT2D eigenvalue weighted by Gasteiger charge is 2.18. The van der Waals surface area contributed by atoms with Crippen LogP contribution in [0.15, 0.2) is 30.6 Å². The highest BCUT2D eigenvalue weighted by molar-refractivity contribution is 6.31. The summed E-state index contributed by atoms with van der Waals surface area (Å²) in [6.07, 6.45) is 2.63. The Morgan fingerprint density at radius 3 is 2.88 bits per heavy atom. The Bertz CT molecular complexity index is 589. The number of nitrogen functional groups attached to an aromatic ring is 1. The fourth-order valence-electron chi connectivity index (χ4n) is 1.31. The first kappa shape index (κ1) is 11.5. The summed E-state index contributed by atoms with van der Waals surface area (Å²) >= 11 is 5.70. The number of hydrogen-bond acceptors (Lipinski definition) is 4. The number of hydrogen-bond donors (Lipinski definition) is 1. The maximum Gasteiger partial charge on any atom is 0.218 e. The second-order valence-corrected chi connectivity index (χ2v) is 3.69. The van der Waals surface area contributed by atoms with E-state index in [0.29, 0.717) is 0 Å². The Labute approximate surface area is 101 Å². The van der Waals surface area contributed by atoms with Gasteiger partial charge in [-0.25, -0.2) is 14.4 Å². The minimum atomic E-state index is -0.711.